The van der Waals surface area contributed by atoms with Crippen LogP contribution in [0, 0.1) is 6.92 Å². The molecule has 0 amide bonds. The molecule has 3 nitrogen and oxygen atoms in total. The molecule has 0 radical (unpaired) electrons. The number of aryl methyl sites for hydroxylation is 1. The number of hydrogen-bond donors (Lipinski definition) is 1. The molecule has 1 fully saturated rings. The highest BCUT2D eigenvalue weighted by Gasteiger charge is 2.18. The Hall–Kier alpha value is -1.22. The summed E-state index contributed by atoms with van der Waals surface area (Å²) in [5.74, 6) is 1.76. The third kappa shape index (κ3) is 2.78. The lowest BCUT2D eigenvalue weighted by molar-refractivity contribution is 0.344. The first kappa shape index (κ1) is 13.2. The zero-order valence-electron chi connectivity index (χ0n) is 11.6. The summed E-state index contributed by atoms with van der Waals surface area (Å²) in [4.78, 5) is 0. The molecule has 18 heavy (non-hydrogen) atoms. The monoisotopic (exact) mass is 249 g/mol. The van der Waals surface area contributed by atoms with Crippen LogP contribution in [0.1, 0.15) is 30.4 Å². The lowest BCUT2D eigenvalue weighted by Gasteiger charge is -2.25. The molecule has 0 bridgehead atoms. The maximum absolute atomic E-state index is 5.54. The summed E-state index contributed by atoms with van der Waals surface area (Å²) in [5.41, 5.74) is 2.36. The van der Waals surface area contributed by atoms with Crippen LogP contribution in [0.5, 0.6) is 11.5 Å². The first-order chi connectivity index (χ1) is 8.76. The van der Waals surface area contributed by atoms with Crippen molar-refractivity contribution in [2.45, 2.75) is 38.6 Å². The molecule has 1 aromatic rings. The molecule has 0 spiro atoms. The summed E-state index contributed by atoms with van der Waals surface area (Å²) < 4.78 is 11.0. The summed E-state index contributed by atoms with van der Waals surface area (Å²) in [7, 11) is 3.42. The van der Waals surface area contributed by atoms with E-state index in [-0.39, 0.29) is 0 Å². The van der Waals surface area contributed by atoms with Crippen molar-refractivity contribution >= 4 is 0 Å². The molecule has 1 saturated heterocycles. The van der Waals surface area contributed by atoms with Gasteiger partial charge in [-0.2, -0.15) is 0 Å². The smallest absolute Gasteiger partial charge is 0.164 e. The van der Waals surface area contributed by atoms with E-state index in [2.05, 4.69) is 17.4 Å². The number of ether oxygens (including phenoxy) is 2. The van der Waals surface area contributed by atoms with E-state index in [0.717, 1.165) is 30.0 Å². The van der Waals surface area contributed by atoms with Crippen molar-refractivity contribution in [2.75, 3.05) is 20.8 Å². The van der Waals surface area contributed by atoms with Crippen LogP contribution in [0.3, 0.4) is 0 Å². The second kappa shape index (κ2) is 6.10. The fraction of sp³-hybridized carbons (Fsp3) is 0.600. The highest BCUT2D eigenvalue weighted by molar-refractivity contribution is 5.51. The van der Waals surface area contributed by atoms with Gasteiger partial charge in [0, 0.05) is 6.04 Å². The van der Waals surface area contributed by atoms with E-state index < -0.39 is 0 Å². The lowest BCUT2D eigenvalue weighted by atomic mass is 9.96. The summed E-state index contributed by atoms with van der Waals surface area (Å²) in [6.07, 6.45) is 4.88. The summed E-state index contributed by atoms with van der Waals surface area (Å²) >= 11 is 0. The predicted molar refractivity (Wildman–Crippen MR) is 73.6 cm³/mol. The van der Waals surface area contributed by atoms with E-state index in [1.165, 1.54) is 24.8 Å². The van der Waals surface area contributed by atoms with E-state index in [1.807, 2.05) is 6.92 Å². The molecule has 0 aromatic heterocycles. The van der Waals surface area contributed by atoms with Crippen molar-refractivity contribution in [3.05, 3.63) is 23.3 Å². The van der Waals surface area contributed by atoms with Gasteiger partial charge in [-0.3, -0.25) is 0 Å². The SMILES string of the molecule is COc1c(C)ccc(CC2CCCCN2)c1OC. The Morgan fingerprint density at radius 2 is 1.94 bits per heavy atom. The summed E-state index contributed by atoms with van der Waals surface area (Å²) in [5, 5.41) is 3.57. The second-order valence-corrected chi connectivity index (χ2v) is 4.96. The Balaban J connectivity index is 2.21. The fourth-order valence-electron chi connectivity index (χ4n) is 2.70. The molecule has 2 rings (SSSR count). The first-order valence-electron chi connectivity index (χ1n) is 6.70. The van der Waals surface area contributed by atoms with Crippen LogP contribution >= 0.6 is 0 Å². The van der Waals surface area contributed by atoms with Crippen molar-refractivity contribution in [3.8, 4) is 11.5 Å². The molecule has 1 N–H and O–H groups in total. The second-order valence-electron chi connectivity index (χ2n) is 4.96. The minimum absolute atomic E-state index is 0.570. The fourth-order valence-corrected chi connectivity index (χ4v) is 2.70. The Labute approximate surface area is 109 Å². The maximum atomic E-state index is 5.54. The van der Waals surface area contributed by atoms with Crippen molar-refractivity contribution in [1.82, 2.24) is 5.32 Å². The number of rotatable bonds is 4. The van der Waals surface area contributed by atoms with Gasteiger partial charge in [-0.25, -0.2) is 0 Å². The van der Waals surface area contributed by atoms with Gasteiger partial charge in [-0.05, 0) is 43.9 Å². The molecule has 1 aromatic carbocycles. The Kier molecular flexibility index (Phi) is 4.48. The minimum atomic E-state index is 0.570. The van der Waals surface area contributed by atoms with E-state index in [1.54, 1.807) is 14.2 Å². The molecule has 0 saturated carbocycles. The van der Waals surface area contributed by atoms with Crippen molar-refractivity contribution in [3.63, 3.8) is 0 Å². The van der Waals surface area contributed by atoms with Crippen LogP contribution in [0.4, 0.5) is 0 Å². The Morgan fingerprint density at radius 1 is 1.17 bits per heavy atom. The van der Waals surface area contributed by atoms with Crippen LogP contribution in [0.2, 0.25) is 0 Å². The largest absolute Gasteiger partial charge is 0.493 e. The van der Waals surface area contributed by atoms with Gasteiger partial charge >= 0.3 is 0 Å². The van der Waals surface area contributed by atoms with Crippen LogP contribution in [0.25, 0.3) is 0 Å². The predicted octanol–water partition coefficient (Wildman–Crippen LogP) is 2.70. The average Bonchev–Trinajstić information content (AvgIpc) is 2.41. The van der Waals surface area contributed by atoms with Gasteiger partial charge in [0.1, 0.15) is 0 Å². The summed E-state index contributed by atoms with van der Waals surface area (Å²) in [6.45, 7) is 3.18. The van der Waals surface area contributed by atoms with Gasteiger partial charge in [-0.15, -0.1) is 0 Å². The topological polar surface area (TPSA) is 30.5 Å². The molecule has 1 aliphatic rings. The van der Waals surface area contributed by atoms with Crippen LogP contribution in [-0.4, -0.2) is 26.8 Å². The third-order valence-corrected chi connectivity index (χ3v) is 3.68. The molecular formula is C15H23NO2. The van der Waals surface area contributed by atoms with E-state index >= 15 is 0 Å². The first-order valence-corrected chi connectivity index (χ1v) is 6.70. The lowest BCUT2D eigenvalue weighted by Crippen LogP contribution is -2.35. The minimum Gasteiger partial charge on any atom is -0.493 e. The quantitative estimate of drug-likeness (QED) is 0.890. The van der Waals surface area contributed by atoms with E-state index in [0.29, 0.717) is 6.04 Å². The van der Waals surface area contributed by atoms with Gasteiger partial charge in [-0.1, -0.05) is 18.6 Å². The molecule has 3 heteroatoms. The molecule has 100 valence electrons. The van der Waals surface area contributed by atoms with Gasteiger partial charge < -0.3 is 14.8 Å². The van der Waals surface area contributed by atoms with Gasteiger partial charge in [0.15, 0.2) is 11.5 Å². The van der Waals surface area contributed by atoms with Gasteiger partial charge in [0.05, 0.1) is 14.2 Å². The molecule has 1 atom stereocenters. The molecule has 1 heterocycles. The van der Waals surface area contributed by atoms with Crippen molar-refractivity contribution in [1.29, 1.82) is 0 Å². The zero-order valence-corrected chi connectivity index (χ0v) is 11.6. The van der Waals surface area contributed by atoms with E-state index in [4.69, 9.17) is 9.47 Å². The zero-order chi connectivity index (χ0) is 13.0. The standard InChI is InChI=1S/C15H23NO2/c1-11-7-8-12(15(18-3)14(11)17-2)10-13-6-4-5-9-16-13/h7-8,13,16H,4-6,9-10H2,1-3H3. The highest BCUT2D eigenvalue weighted by atomic mass is 16.5. The number of piperidine rings is 1. The summed E-state index contributed by atoms with van der Waals surface area (Å²) in [6, 6.07) is 4.84. The van der Waals surface area contributed by atoms with Crippen molar-refractivity contribution in [2.24, 2.45) is 0 Å². The van der Waals surface area contributed by atoms with Crippen LogP contribution in [-0.2, 0) is 6.42 Å². The normalized spacial score (nSPS) is 19.6. The van der Waals surface area contributed by atoms with Crippen molar-refractivity contribution < 1.29 is 9.47 Å². The molecule has 1 aliphatic heterocycles. The molecule has 0 aliphatic carbocycles. The maximum Gasteiger partial charge on any atom is 0.164 e. The Morgan fingerprint density at radius 3 is 2.56 bits per heavy atom. The number of methoxy groups -OCH3 is 2. The van der Waals surface area contributed by atoms with E-state index in [9.17, 15) is 0 Å². The van der Waals surface area contributed by atoms with Crippen LogP contribution < -0.4 is 14.8 Å². The van der Waals surface area contributed by atoms with Crippen LogP contribution in [0.15, 0.2) is 12.1 Å². The van der Waals surface area contributed by atoms with Gasteiger partial charge in [0.25, 0.3) is 0 Å². The highest BCUT2D eigenvalue weighted by Crippen LogP contribution is 2.35. The molecular weight excluding hydrogens is 226 g/mol. The Bertz CT molecular complexity index is 398. The molecule has 1 unspecified atom stereocenters. The number of nitrogens with one attached hydrogen (secondary N) is 1. The average molecular weight is 249 g/mol. The van der Waals surface area contributed by atoms with Gasteiger partial charge in [0.2, 0.25) is 0 Å². The number of hydrogen-bond acceptors (Lipinski definition) is 3. The third-order valence-electron chi connectivity index (χ3n) is 3.68. The number of benzene rings is 1.